The topological polar surface area (TPSA) is 26.3 Å². The summed E-state index contributed by atoms with van der Waals surface area (Å²) in [5.41, 5.74) is 3.43. The average Bonchev–Trinajstić information content (AvgIpc) is 2.08. The van der Waals surface area contributed by atoms with Crippen LogP contribution in [0.2, 0.25) is 0 Å². The minimum absolute atomic E-state index is 0.160. The van der Waals surface area contributed by atoms with Crippen molar-refractivity contribution in [2.24, 2.45) is 0 Å². The summed E-state index contributed by atoms with van der Waals surface area (Å²) in [4.78, 5) is 10.8. The molecule has 1 aromatic rings. The zero-order chi connectivity index (χ0) is 10.7. The Morgan fingerprint density at radius 2 is 2.00 bits per heavy atom. The minimum Gasteiger partial charge on any atom is -0.458 e. The van der Waals surface area contributed by atoms with Crippen molar-refractivity contribution in [2.45, 2.75) is 33.8 Å². The van der Waals surface area contributed by atoms with Gasteiger partial charge in [-0.05, 0) is 31.9 Å². The van der Waals surface area contributed by atoms with Crippen LogP contribution in [0, 0.1) is 13.8 Å². The van der Waals surface area contributed by atoms with Gasteiger partial charge in [-0.25, -0.2) is 0 Å². The molecule has 0 unspecified atom stereocenters. The Balaban J connectivity index is 2.93. The smallest absolute Gasteiger partial charge is 0.303 e. The van der Waals surface area contributed by atoms with Gasteiger partial charge >= 0.3 is 5.97 Å². The molecular formula is C12H16O2. The second kappa shape index (κ2) is 4.27. The maximum atomic E-state index is 10.8. The lowest BCUT2D eigenvalue weighted by atomic mass is 10.0. The van der Waals surface area contributed by atoms with E-state index in [2.05, 4.69) is 12.1 Å². The third kappa shape index (κ3) is 2.59. The molecule has 0 bridgehead atoms. The standard InChI is InChI=1S/C12H16O2/c1-8-5-6-9(2)12(7-8)10(3)14-11(4)13/h5-7,10H,1-4H3/t10-/m1/s1. The molecule has 76 valence electrons. The molecule has 1 atom stereocenters. The van der Waals surface area contributed by atoms with Crippen molar-refractivity contribution in [3.8, 4) is 0 Å². The largest absolute Gasteiger partial charge is 0.458 e. The summed E-state index contributed by atoms with van der Waals surface area (Å²) >= 11 is 0. The molecule has 0 fully saturated rings. The number of aryl methyl sites for hydroxylation is 2. The van der Waals surface area contributed by atoms with Crippen molar-refractivity contribution in [3.63, 3.8) is 0 Å². The quantitative estimate of drug-likeness (QED) is 0.673. The van der Waals surface area contributed by atoms with E-state index >= 15 is 0 Å². The van der Waals surface area contributed by atoms with Gasteiger partial charge in [-0.2, -0.15) is 0 Å². The molecule has 1 rings (SSSR count). The molecule has 0 amide bonds. The lowest BCUT2D eigenvalue weighted by molar-refractivity contribution is -0.145. The number of esters is 1. The molecule has 0 radical (unpaired) electrons. The van der Waals surface area contributed by atoms with Crippen LogP contribution in [0.25, 0.3) is 0 Å². The Morgan fingerprint density at radius 1 is 1.36 bits per heavy atom. The zero-order valence-corrected chi connectivity index (χ0v) is 9.13. The van der Waals surface area contributed by atoms with Gasteiger partial charge in [0, 0.05) is 6.92 Å². The Morgan fingerprint density at radius 3 is 2.57 bits per heavy atom. The van der Waals surface area contributed by atoms with Crippen LogP contribution < -0.4 is 0 Å². The van der Waals surface area contributed by atoms with Gasteiger partial charge in [-0.3, -0.25) is 4.79 Å². The molecule has 2 nitrogen and oxygen atoms in total. The second-order valence-corrected chi connectivity index (χ2v) is 3.61. The fraction of sp³-hybridized carbons (Fsp3) is 0.417. The van der Waals surface area contributed by atoms with Crippen LogP contribution in [-0.4, -0.2) is 5.97 Å². The highest BCUT2D eigenvalue weighted by atomic mass is 16.5. The molecule has 1 aromatic carbocycles. The molecule has 0 saturated carbocycles. The predicted octanol–water partition coefficient (Wildman–Crippen LogP) is 2.93. The number of carbonyl (C=O) groups excluding carboxylic acids is 1. The molecule has 0 aliphatic carbocycles. The molecule has 2 heteroatoms. The predicted molar refractivity (Wildman–Crippen MR) is 56.1 cm³/mol. The van der Waals surface area contributed by atoms with Gasteiger partial charge in [0.25, 0.3) is 0 Å². The van der Waals surface area contributed by atoms with Crippen LogP contribution in [-0.2, 0) is 9.53 Å². The van der Waals surface area contributed by atoms with Crippen LogP contribution in [0.4, 0.5) is 0 Å². The van der Waals surface area contributed by atoms with E-state index in [1.807, 2.05) is 26.8 Å². The highest BCUT2D eigenvalue weighted by Gasteiger charge is 2.10. The number of ether oxygens (including phenoxy) is 1. The molecule has 0 aliphatic rings. The number of benzene rings is 1. The first-order valence-corrected chi connectivity index (χ1v) is 4.75. The lowest BCUT2D eigenvalue weighted by Gasteiger charge is -2.15. The summed E-state index contributed by atoms with van der Waals surface area (Å²) in [6.45, 7) is 7.38. The maximum absolute atomic E-state index is 10.8. The number of carbonyl (C=O) groups is 1. The van der Waals surface area contributed by atoms with E-state index in [4.69, 9.17) is 4.74 Å². The summed E-state index contributed by atoms with van der Waals surface area (Å²) < 4.78 is 5.13. The average molecular weight is 192 g/mol. The van der Waals surface area contributed by atoms with Crippen molar-refractivity contribution < 1.29 is 9.53 Å². The zero-order valence-electron chi connectivity index (χ0n) is 9.13. The van der Waals surface area contributed by atoms with E-state index in [0.717, 1.165) is 11.1 Å². The Labute approximate surface area is 84.9 Å². The van der Waals surface area contributed by atoms with Gasteiger partial charge < -0.3 is 4.74 Å². The third-order valence-electron chi connectivity index (χ3n) is 2.22. The van der Waals surface area contributed by atoms with Crippen molar-refractivity contribution in [3.05, 3.63) is 34.9 Å². The van der Waals surface area contributed by atoms with E-state index in [-0.39, 0.29) is 12.1 Å². The maximum Gasteiger partial charge on any atom is 0.303 e. The summed E-state index contributed by atoms with van der Waals surface area (Å²) in [6, 6.07) is 6.16. The number of hydrogen-bond acceptors (Lipinski definition) is 2. The Kier molecular flexibility index (Phi) is 3.28. The lowest BCUT2D eigenvalue weighted by Crippen LogP contribution is -2.06. The normalized spacial score (nSPS) is 12.3. The first kappa shape index (κ1) is 10.8. The van der Waals surface area contributed by atoms with Gasteiger partial charge in [0.15, 0.2) is 0 Å². The van der Waals surface area contributed by atoms with E-state index < -0.39 is 0 Å². The van der Waals surface area contributed by atoms with Crippen molar-refractivity contribution in [1.29, 1.82) is 0 Å². The molecule has 0 heterocycles. The summed E-state index contributed by atoms with van der Waals surface area (Å²) in [5, 5.41) is 0. The van der Waals surface area contributed by atoms with Crippen LogP contribution >= 0.6 is 0 Å². The molecule has 14 heavy (non-hydrogen) atoms. The number of rotatable bonds is 2. The molecule has 0 spiro atoms. The fourth-order valence-electron chi connectivity index (χ4n) is 1.51. The minimum atomic E-state index is -0.238. The fourth-order valence-corrected chi connectivity index (χ4v) is 1.51. The van der Waals surface area contributed by atoms with Gasteiger partial charge in [0.1, 0.15) is 6.10 Å². The summed E-state index contributed by atoms with van der Waals surface area (Å²) in [6.07, 6.45) is -0.160. The van der Waals surface area contributed by atoms with Gasteiger partial charge in [-0.1, -0.05) is 23.8 Å². The van der Waals surface area contributed by atoms with E-state index in [0.29, 0.717) is 0 Å². The highest BCUT2D eigenvalue weighted by molar-refractivity contribution is 5.66. The third-order valence-corrected chi connectivity index (χ3v) is 2.22. The van der Waals surface area contributed by atoms with E-state index in [1.54, 1.807) is 0 Å². The molecule has 0 N–H and O–H groups in total. The van der Waals surface area contributed by atoms with Gasteiger partial charge in [-0.15, -0.1) is 0 Å². The van der Waals surface area contributed by atoms with Gasteiger partial charge in [0.2, 0.25) is 0 Å². The first-order valence-electron chi connectivity index (χ1n) is 4.75. The Hall–Kier alpha value is -1.31. The van der Waals surface area contributed by atoms with Crippen molar-refractivity contribution >= 4 is 5.97 Å². The SMILES string of the molecule is CC(=O)O[C@H](C)c1cc(C)ccc1C. The second-order valence-electron chi connectivity index (χ2n) is 3.61. The highest BCUT2D eigenvalue weighted by Crippen LogP contribution is 2.21. The van der Waals surface area contributed by atoms with Crippen LogP contribution in [0.3, 0.4) is 0 Å². The molecule has 0 aromatic heterocycles. The first-order chi connectivity index (χ1) is 6.50. The molecule has 0 saturated heterocycles. The molecule has 0 aliphatic heterocycles. The van der Waals surface area contributed by atoms with Crippen LogP contribution in [0.15, 0.2) is 18.2 Å². The molecular weight excluding hydrogens is 176 g/mol. The monoisotopic (exact) mass is 192 g/mol. The van der Waals surface area contributed by atoms with Crippen molar-refractivity contribution in [1.82, 2.24) is 0 Å². The summed E-state index contributed by atoms with van der Waals surface area (Å²) in [5.74, 6) is -0.238. The van der Waals surface area contributed by atoms with Crippen molar-refractivity contribution in [2.75, 3.05) is 0 Å². The summed E-state index contributed by atoms with van der Waals surface area (Å²) in [7, 11) is 0. The van der Waals surface area contributed by atoms with Crippen LogP contribution in [0.5, 0.6) is 0 Å². The van der Waals surface area contributed by atoms with E-state index in [1.165, 1.54) is 12.5 Å². The van der Waals surface area contributed by atoms with Gasteiger partial charge in [0.05, 0.1) is 0 Å². The van der Waals surface area contributed by atoms with Crippen LogP contribution in [0.1, 0.15) is 36.6 Å². The Bertz CT molecular complexity index is 342. The van der Waals surface area contributed by atoms with E-state index in [9.17, 15) is 4.79 Å². The number of hydrogen-bond donors (Lipinski definition) is 0.